The summed E-state index contributed by atoms with van der Waals surface area (Å²) in [6.07, 6.45) is 8.93. The number of aliphatic imine (C=N–C) groups is 5. The molecular weight excluding hydrogens is 1610 g/mol. The molecule has 0 aromatic heterocycles. The summed E-state index contributed by atoms with van der Waals surface area (Å²) >= 11 is 12.5. The maximum Gasteiger partial charge on any atom is 0.135 e. The average molecular weight is 1710 g/mol. The van der Waals surface area contributed by atoms with E-state index in [2.05, 4.69) is 320 Å². The first kappa shape index (κ1) is 87.4. The summed E-state index contributed by atoms with van der Waals surface area (Å²) in [7, 11) is 0. The highest BCUT2D eigenvalue weighted by molar-refractivity contribution is 6.35. The Morgan fingerprint density at radius 1 is 0.205 bits per heavy atom. The first-order valence-corrected chi connectivity index (χ1v) is 44.7. The molecule has 15 aromatic rings. The minimum atomic E-state index is -0.542. The van der Waals surface area contributed by atoms with Crippen molar-refractivity contribution in [3.63, 3.8) is 0 Å². The Hall–Kier alpha value is -13.1. The van der Waals surface area contributed by atoms with Gasteiger partial charge in [0.2, 0.25) is 0 Å². The van der Waals surface area contributed by atoms with Crippen molar-refractivity contribution in [2.75, 3.05) is 0 Å². The van der Waals surface area contributed by atoms with Crippen LogP contribution in [0.2, 0.25) is 10.0 Å². The normalized spacial score (nSPS) is 16.7. The van der Waals surface area contributed by atoms with Crippen LogP contribution in [0, 0.1) is 64.8 Å². The maximum absolute atomic E-state index is 14.1. The third-order valence-corrected chi connectivity index (χ3v) is 25.2. The lowest BCUT2D eigenvalue weighted by Gasteiger charge is -2.09. The molecule has 20 rings (SSSR count). The molecular formula is C116H101Cl2F4N5. The first-order valence-electron chi connectivity index (χ1n) is 44.0. The molecule has 0 amide bonds. The predicted molar refractivity (Wildman–Crippen MR) is 522 cm³/mol. The molecule has 5 atom stereocenters. The van der Waals surface area contributed by atoms with Crippen molar-refractivity contribution in [2.45, 2.75) is 136 Å². The van der Waals surface area contributed by atoms with Crippen molar-refractivity contribution in [2.24, 2.45) is 25.0 Å². The second-order valence-corrected chi connectivity index (χ2v) is 34.4. The minimum Gasteiger partial charge on any atom is -0.281 e. The van der Waals surface area contributed by atoms with Gasteiger partial charge in [0.05, 0.1) is 40.8 Å². The van der Waals surface area contributed by atoms with Crippen LogP contribution in [0.3, 0.4) is 0 Å². The van der Waals surface area contributed by atoms with Crippen LogP contribution < -0.4 is 0 Å². The van der Waals surface area contributed by atoms with Gasteiger partial charge in [-0.1, -0.05) is 366 Å². The Kier molecular flexibility index (Phi) is 28.2. The number of benzene rings is 15. The van der Waals surface area contributed by atoms with Crippen LogP contribution in [0.5, 0.6) is 0 Å². The highest BCUT2D eigenvalue weighted by Crippen LogP contribution is 2.41. The van der Waals surface area contributed by atoms with Gasteiger partial charge in [-0.25, -0.2) is 17.6 Å². The van der Waals surface area contributed by atoms with Gasteiger partial charge >= 0.3 is 0 Å². The molecule has 0 spiro atoms. The smallest absolute Gasteiger partial charge is 0.135 e. The van der Waals surface area contributed by atoms with Crippen LogP contribution >= 0.6 is 23.2 Å². The van der Waals surface area contributed by atoms with Gasteiger partial charge in [0.25, 0.3) is 0 Å². The predicted octanol–water partition coefficient (Wildman–Crippen LogP) is 32.1. The van der Waals surface area contributed by atoms with Crippen LogP contribution in [0.15, 0.2) is 377 Å². The molecule has 5 nitrogen and oxygen atoms in total. The summed E-state index contributed by atoms with van der Waals surface area (Å²) in [4.78, 5) is 24.1. The quantitative estimate of drug-likeness (QED) is 0.0919. The minimum absolute atomic E-state index is 0.0197. The van der Waals surface area contributed by atoms with Crippen LogP contribution in [-0.4, -0.2) is 28.6 Å². The molecule has 0 fully saturated rings. The van der Waals surface area contributed by atoms with Gasteiger partial charge in [0, 0.05) is 50.3 Å². The SMILES string of the molecule is Cc1ccc(-c2ccc([C@H]3CCC(c4c(F)cccc4Cl)=N3)cc2)cc1.Cc1ccc(-c2ccc([C@H]3CCC(c4c(F)cccc4F)=N3)cc2)cc1.Cc1ccc(-c2ccc([C@H]3CCC(c4ccccc4C)=N3)cc2)cc1.Cc1ccc(-c2ccc([C@H]3CCC(c4ccccc4Cl)=N3)cc2)cc1.Cc1ccc(-c2ccc([C@H]3CCC(c4ccccc4F)=N3)cc2)cc1. The molecule has 127 heavy (non-hydrogen) atoms. The van der Waals surface area contributed by atoms with E-state index in [0.717, 1.165) is 102 Å². The standard InChI is InChI=1S/C24H23N.C23H19ClFN.C23H20ClN.C23H19F2N.C23H20FN/c1-17-7-9-19(10-8-17)20-11-13-21(14-12-20)23-15-16-24(25-23)22-6-4-3-5-18(22)2;1-15-5-7-16(8-6-15)17-9-11-18(12-10-17)21-13-14-22(26-21)23-19(24)3-2-4-20(23)25;1-16-6-8-17(9-7-16)18-10-12-19(13-11-18)22-14-15-23(25-22)20-4-2-3-5-21(20)24;1-15-5-7-16(8-6-15)17-9-11-18(12-10-17)21-13-14-22(26-21)23-19(24)3-2-4-20(23)25;1-16-6-8-17(9-7-16)18-10-12-19(13-11-18)22-14-15-23(25-22)20-4-2-3-5-21(20)24/h3-14,23H,15-16H2,1-2H3;2-12,21H,13-14H2,1H3;2-13,22H,14-15H2,1H3;2-12,21H,13-14H2,1H3;2-13,22H,14-15H2,1H3/t23-;21-;22-;21-;22-/m11111/s1. The highest BCUT2D eigenvalue weighted by atomic mass is 35.5. The molecule has 632 valence electrons. The maximum atomic E-state index is 14.1. The second-order valence-electron chi connectivity index (χ2n) is 33.6. The van der Waals surface area contributed by atoms with E-state index >= 15 is 0 Å². The molecule has 0 aliphatic carbocycles. The summed E-state index contributed by atoms with van der Waals surface area (Å²) in [5.41, 5.74) is 33.9. The van der Waals surface area contributed by atoms with E-state index in [0.29, 0.717) is 34.3 Å². The van der Waals surface area contributed by atoms with E-state index in [9.17, 15) is 17.6 Å². The lowest BCUT2D eigenvalue weighted by atomic mass is 9.98. The van der Waals surface area contributed by atoms with Crippen molar-refractivity contribution in [3.8, 4) is 55.6 Å². The van der Waals surface area contributed by atoms with Gasteiger partial charge < -0.3 is 0 Å². The third kappa shape index (κ3) is 21.7. The Morgan fingerprint density at radius 2 is 0.425 bits per heavy atom. The molecule has 5 heterocycles. The van der Waals surface area contributed by atoms with Crippen molar-refractivity contribution in [1.29, 1.82) is 0 Å². The monoisotopic (exact) mass is 1710 g/mol. The molecule has 0 radical (unpaired) electrons. The molecule has 5 aliphatic heterocycles. The molecule has 15 aromatic carbocycles. The Morgan fingerprint density at radius 3 is 0.732 bits per heavy atom. The zero-order valence-electron chi connectivity index (χ0n) is 72.4. The highest BCUT2D eigenvalue weighted by Gasteiger charge is 2.29. The molecule has 0 saturated carbocycles. The Bertz CT molecular complexity index is 5910. The molecule has 11 heteroatoms. The van der Waals surface area contributed by atoms with Crippen molar-refractivity contribution in [1.82, 2.24) is 0 Å². The summed E-state index contributed by atoms with van der Waals surface area (Å²) < 4.78 is 56.1. The van der Waals surface area contributed by atoms with E-state index < -0.39 is 11.6 Å². The number of aryl methyl sites for hydroxylation is 6. The molecule has 0 bridgehead atoms. The van der Waals surface area contributed by atoms with Gasteiger partial charge in [-0.2, -0.15) is 0 Å². The largest absolute Gasteiger partial charge is 0.281 e. The topological polar surface area (TPSA) is 61.8 Å². The number of hydrogen-bond donors (Lipinski definition) is 0. The van der Waals surface area contributed by atoms with Gasteiger partial charge in [-0.05, 0) is 237 Å². The lowest BCUT2D eigenvalue weighted by molar-refractivity contribution is 0.578. The van der Waals surface area contributed by atoms with Gasteiger partial charge in [0.15, 0.2) is 0 Å². The van der Waals surface area contributed by atoms with Crippen LogP contribution in [-0.2, 0) is 0 Å². The summed E-state index contributed by atoms with van der Waals surface area (Å²) in [5, 5.41) is 1.22. The third-order valence-electron chi connectivity index (χ3n) is 24.6. The lowest BCUT2D eigenvalue weighted by Crippen LogP contribution is -2.03. The average Bonchev–Trinajstić information content (AvgIpc) is 1.70. The Balaban J connectivity index is 0.000000117. The zero-order chi connectivity index (χ0) is 87.9. The van der Waals surface area contributed by atoms with Crippen molar-refractivity contribution < 1.29 is 17.6 Å². The van der Waals surface area contributed by atoms with Gasteiger partial charge in [0.1, 0.15) is 23.3 Å². The fourth-order valence-corrected chi connectivity index (χ4v) is 17.7. The number of rotatable bonds is 15. The number of halogens is 6. The van der Waals surface area contributed by atoms with Crippen LogP contribution in [0.4, 0.5) is 17.6 Å². The van der Waals surface area contributed by atoms with Crippen LogP contribution in [0.1, 0.15) is 183 Å². The van der Waals surface area contributed by atoms with E-state index in [4.69, 9.17) is 43.2 Å². The van der Waals surface area contributed by atoms with Gasteiger partial charge in [-0.15, -0.1) is 0 Å². The molecule has 5 aliphatic rings. The zero-order valence-corrected chi connectivity index (χ0v) is 74.0. The van der Waals surface area contributed by atoms with Gasteiger partial charge in [-0.3, -0.25) is 25.0 Å². The van der Waals surface area contributed by atoms with E-state index in [1.54, 1.807) is 18.2 Å². The molecule has 0 N–H and O–H groups in total. The fourth-order valence-electron chi connectivity index (χ4n) is 17.2. The summed E-state index contributed by atoms with van der Waals surface area (Å²) in [6, 6.07) is 119. The fraction of sp³-hybridized carbons (Fsp3) is 0.181. The molecule has 0 unspecified atom stereocenters. The van der Waals surface area contributed by atoms with E-state index in [-0.39, 0.29) is 41.4 Å². The van der Waals surface area contributed by atoms with Crippen molar-refractivity contribution in [3.05, 3.63) is 474 Å². The van der Waals surface area contributed by atoms with Crippen molar-refractivity contribution >= 4 is 51.8 Å². The second kappa shape index (κ2) is 40.9. The number of nitrogens with zero attached hydrogens (tertiary/aromatic N) is 5. The number of hydrogen-bond acceptors (Lipinski definition) is 5. The van der Waals surface area contributed by atoms with E-state index in [1.807, 2.05) is 30.3 Å². The summed E-state index contributed by atoms with van der Waals surface area (Å²) in [6.45, 7) is 12.7. The Labute approximate surface area is 754 Å². The van der Waals surface area contributed by atoms with E-state index in [1.165, 1.54) is 142 Å². The molecule has 0 saturated heterocycles. The summed E-state index contributed by atoms with van der Waals surface area (Å²) in [5.74, 6) is -1.57. The van der Waals surface area contributed by atoms with Crippen LogP contribution in [0.25, 0.3) is 55.6 Å². The first-order chi connectivity index (χ1) is 61.8.